The van der Waals surface area contributed by atoms with Crippen molar-refractivity contribution in [2.45, 2.75) is 71.3 Å². The van der Waals surface area contributed by atoms with Gasteiger partial charge in [0.25, 0.3) is 0 Å². The van der Waals surface area contributed by atoms with E-state index in [0.717, 1.165) is 11.8 Å². The Labute approximate surface area is 350 Å². The molecule has 0 saturated heterocycles. The molecule has 9 aromatic rings. The van der Waals surface area contributed by atoms with Crippen LogP contribution in [0, 0.1) is 17.3 Å². The molecular formula is C56H54N2Si. The van der Waals surface area contributed by atoms with Gasteiger partial charge in [0.15, 0.2) is 8.07 Å². The van der Waals surface area contributed by atoms with Crippen LogP contribution >= 0.6 is 0 Å². The third-order valence-electron chi connectivity index (χ3n) is 14.8. The minimum Gasteiger partial charge on any atom is -0.337 e. The Kier molecular flexibility index (Phi) is 9.00. The molecule has 2 aromatic heterocycles. The van der Waals surface area contributed by atoms with Crippen LogP contribution in [0.1, 0.15) is 71.3 Å². The molecule has 292 valence electrons. The molecule has 3 heteroatoms. The molecule has 2 heterocycles. The van der Waals surface area contributed by atoms with Gasteiger partial charge in [-0.15, -0.1) is 0 Å². The van der Waals surface area contributed by atoms with Gasteiger partial charge in [-0.05, 0) is 126 Å². The molecule has 0 aliphatic heterocycles. The predicted octanol–water partition coefficient (Wildman–Crippen LogP) is 12.2. The molecule has 0 bridgehead atoms. The molecular weight excluding hydrogens is 729 g/mol. The molecule has 0 radical (unpaired) electrons. The number of para-hydroxylation sites is 2. The summed E-state index contributed by atoms with van der Waals surface area (Å²) in [6.45, 7) is 4.95. The van der Waals surface area contributed by atoms with Crippen molar-refractivity contribution in [3.63, 3.8) is 0 Å². The molecule has 0 atom stereocenters. The van der Waals surface area contributed by atoms with Crippen LogP contribution < -0.4 is 20.7 Å². The van der Waals surface area contributed by atoms with Crippen molar-refractivity contribution in [1.29, 1.82) is 0 Å². The van der Waals surface area contributed by atoms with Crippen molar-refractivity contribution < 1.29 is 0 Å². The van der Waals surface area contributed by atoms with Crippen molar-refractivity contribution in [2.75, 3.05) is 0 Å². The van der Waals surface area contributed by atoms with Crippen molar-refractivity contribution in [1.82, 2.24) is 9.13 Å². The number of aromatic nitrogens is 2. The van der Waals surface area contributed by atoms with E-state index in [-0.39, 0.29) is 0 Å². The van der Waals surface area contributed by atoms with Crippen LogP contribution in [0.3, 0.4) is 0 Å². The van der Waals surface area contributed by atoms with Gasteiger partial charge in [-0.1, -0.05) is 153 Å². The summed E-state index contributed by atoms with van der Waals surface area (Å²) >= 11 is 0. The number of benzene rings is 7. The summed E-state index contributed by atoms with van der Waals surface area (Å²) in [7, 11) is -2.69. The highest BCUT2D eigenvalue weighted by molar-refractivity contribution is 7.20. The molecule has 2 saturated carbocycles. The van der Waals surface area contributed by atoms with Gasteiger partial charge in [0.1, 0.15) is 0 Å². The van der Waals surface area contributed by atoms with Crippen LogP contribution in [0.2, 0.25) is 0 Å². The van der Waals surface area contributed by atoms with Crippen molar-refractivity contribution in [2.24, 2.45) is 17.3 Å². The van der Waals surface area contributed by atoms with Crippen LogP contribution in [-0.2, 0) is 0 Å². The Balaban J connectivity index is 1.04. The van der Waals surface area contributed by atoms with Gasteiger partial charge < -0.3 is 9.13 Å². The minimum atomic E-state index is -2.69. The first-order valence-corrected chi connectivity index (χ1v) is 24.2. The Morgan fingerprint density at radius 3 is 1.47 bits per heavy atom. The summed E-state index contributed by atoms with van der Waals surface area (Å²) in [5.41, 5.74) is 7.03. The van der Waals surface area contributed by atoms with Crippen LogP contribution in [0.5, 0.6) is 0 Å². The molecule has 59 heavy (non-hydrogen) atoms. The van der Waals surface area contributed by atoms with Crippen molar-refractivity contribution >= 4 is 72.4 Å². The molecule has 2 aliphatic carbocycles. The average molecular weight is 783 g/mol. The Morgan fingerprint density at radius 2 is 0.864 bits per heavy atom. The Hall–Kier alpha value is -5.64. The second-order valence-corrected chi connectivity index (χ2v) is 22.4. The monoisotopic (exact) mass is 782 g/mol. The van der Waals surface area contributed by atoms with E-state index >= 15 is 0 Å². The summed E-state index contributed by atoms with van der Waals surface area (Å²) < 4.78 is 5.25. The van der Waals surface area contributed by atoms with Gasteiger partial charge in [-0.2, -0.15) is 0 Å². The van der Waals surface area contributed by atoms with E-state index in [1.165, 1.54) is 121 Å². The van der Waals surface area contributed by atoms with Crippen LogP contribution in [0.15, 0.2) is 176 Å². The van der Waals surface area contributed by atoms with Gasteiger partial charge >= 0.3 is 0 Å². The molecule has 0 spiro atoms. The highest BCUT2D eigenvalue weighted by atomic mass is 28.3. The highest BCUT2D eigenvalue weighted by Gasteiger charge is 2.42. The second-order valence-electron chi connectivity index (χ2n) is 18.6. The molecule has 7 aromatic carbocycles. The highest BCUT2D eigenvalue weighted by Crippen LogP contribution is 2.47. The average Bonchev–Trinajstić information content (AvgIpc) is 3.80. The predicted molar refractivity (Wildman–Crippen MR) is 254 cm³/mol. The smallest absolute Gasteiger partial charge is 0.179 e. The molecule has 2 aliphatic rings. The fraction of sp³-hybridized carbons (Fsp3) is 0.250. The van der Waals surface area contributed by atoms with E-state index in [2.05, 4.69) is 199 Å². The number of nitrogens with zero attached hydrogens (tertiary/aromatic N) is 2. The molecule has 0 amide bonds. The van der Waals surface area contributed by atoms with Gasteiger partial charge in [-0.25, -0.2) is 0 Å². The number of hydrogen-bond donors (Lipinski definition) is 0. The summed E-state index contributed by atoms with van der Waals surface area (Å²) in [6.07, 6.45) is 11.0. The van der Waals surface area contributed by atoms with Crippen LogP contribution in [0.25, 0.3) is 49.3 Å². The maximum atomic E-state index is 2.73. The first-order chi connectivity index (χ1) is 29.0. The first kappa shape index (κ1) is 36.4. The molecule has 11 rings (SSSR count). The lowest BCUT2D eigenvalue weighted by Crippen LogP contribution is -2.74. The van der Waals surface area contributed by atoms with Crippen LogP contribution in [-0.4, -0.2) is 17.2 Å². The number of hydrogen-bond acceptors (Lipinski definition) is 0. The SMILES string of the molecule is CC1(C)CCC(C2CCC(n3c4ccccc4c4cc(-n5c6ccccc6c6cc([Si](c7ccccc7)(c7ccccc7)c7ccccc7)ccc65)ccc43)CC2)CC1. The van der Waals surface area contributed by atoms with E-state index in [4.69, 9.17) is 0 Å². The van der Waals surface area contributed by atoms with E-state index in [9.17, 15) is 0 Å². The van der Waals surface area contributed by atoms with Crippen LogP contribution in [0.4, 0.5) is 0 Å². The zero-order valence-corrected chi connectivity index (χ0v) is 35.5. The Morgan fingerprint density at radius 1 is 0.407 bits per heavy atom. The normalized spacial score (nSPS) is 18.9. The largest absolute Gasteiger partial charge is 0.337 e. The summed E-state index contributed by atoms with van der Waals surface area (Å²) in [6, 6.07) is 67.3. The maximum absolute atomic E-state index is 2.73. The zero-order chi connectivity index (χ0) is 39.6. The van der Waals surface area contributed by atoms with E-state index < -0.39 is 8.07 Å². The van der Waals surface area contributed by atoms with E-state index in [1.54, 1.807) is 0 Å². The van der Waals surface area contributed by atoms with Gasteiger partial charge in [0.2, 0.25) is 0 Å². The summed E-state index contributed by atoms with van der Waals surface area (Å²) in [5.74, 6) is 1.83. The molecule has 0 N–H and O–H groups in total. The lowest BCUT2D eigenvalue weighted by Gasteiger charge is -2.41. The third-order valence-corrected chi connectivity index (χ3v) is 19.6. The lowest BCUT2D eigenvalue weighted by molar-refractivity contribution is 0.117. The second kappa shape index (κ2) is 14.6. The Bertz CT molecular complexity index is 2820. The molecule has 2 fully saturated rings. The standard InChI is InChI=1S/C56H54N2Si/c1-56(2)36-34-41(35-37-56)40-26-28-42(29-27-40)57-52-24-14-12-22-48(52)50-38-43(30-32-54(50)57)58-53-25-15-13-23-49(53)51-39-47(31-33-55(51)58)59(44-16-6-3-7-17-44,45-18-8-4-9-19-45)46-20-10-5-11-21-46/h3-25,30-33,38-42H,26-29,34-37H2,1-2H3. The van der Waals surface area contributed by atoms with Crippen molar-refractivity contribution in [3.8, 4) is 5.69 Å². The zero-order valence-electron chi connectivity index (χ0n) is 34.5. The molecule has 0 unspecified atom stereocenters. The van der Waals surface area contributed by atoms with Crippen molar-refractivity contribution in [3.05, 3.63) is 176 Å². The van der Waals surface area contributed by atoms with Gasteiger partial charge in [-0.3, -0.25) is 0 Å². The van der Waals surface area contributed by atoms with E-state index in [1.807, 2.05) is 0 Å². The number of rotatable bonds is 7. The topological polar surface area (TPSA) is 9.86 Å². The lowest BCUT2D eigenvalue weighted by atomic mass is 9.66. The fourth-order valence-electron chi connectivity index (χ4n) is 11.8. The first-order valence-electron chi connectivity index (χ1n) is 22.2. The minimum absolute atomic E-state index is 0.540. The van der Waals surface area contributed by atoms with E-state index in [0.29, 0.717) is 11.5 Å². The maximum Gasteiger partial charge on any atom is 0.179 e. The fourth-order valence-corrected chi connectivity index (χ4v) is 16.6. The molecule has 2 nitrogen and oxygen atoms in total. The third kappa shape index (κ3) is 6.03. The van der Waals surface area contributed by atoms with Gasteiger partial charge in [0.05, 0.1) is 11.0 Å². The number of fused-ring (bicyclic) bond motifs is 6. The van der Waals surface area contributed by atoms with Gasteiger partial charge in [0, 0.05) is 44.3 Å². The summed E-state index contributed by atoms with van der Waals surface area (Å²) in [5, 5.41) is 10.9. The quantitative estimate of drug-likeness (QED) is 0.113. The summed E-state index contributed by atoms with van der Waals surface area (Å²) in [4.78, 5) is 0.